The lowest BCUT2D eigenvalue weighted by Gasteiger charge is -2.24. The number of rotatable bonds is 5. The monoisotopic (exact) mass is 260 g/mol. The highest BCUT2D eigenvalue weighted by molar-refractivity contribution is 5.10. The van der Waals surface area contributed by atoms with E-state index in [9.17, 15) is 0 Å². The van der Waals surface area contributed by atoms with Gasteiger partial charge in [-0.1, -0.05) is 0 Å². The van der Waals surface area contributed by atoms with Crippen molar-refractivity contribution < 1.29 is 0 Å². The third-order valence-electron chi connectivity index (χ3n) is 4.08. The molecule has 1 atom stereocenters. The molecule has 2 heterocycles. The number of nitrogens with zero attached hydrogens (tertiary/aromatic N) is 4. The summed E-state index contributed by atoms with van der Waals surface area (Å²) in [6, 6.07) is 0.509. The number of hydrogen-bond acceptors (Lipinski definition) is 4. The Bertz CT molecular complexity index is 428. The van der Waals surface area contributed by atoms with Crippen molar-refractivity contribution in [2.75, 3.05) is 27.2 Å². The molecule has 0 amide bonds. The molecular formula is C15H24N4. The molecule has 0 spiro atoms. The fourth-order valence-corrected chi connectivity index (χ4v) is 3.00. The molecule has 0 bridgehead atoms. The van der Waals surface area contributed by atoms with Gasteiger partial charge < -0.3 is 4.90 Å². The van der Waals surface area contributed by atoms with E-state index in [2.05, 4.69) is 28.9 Å². The Labute approximate surface area is 115 Å². The molecule has 0 radical (unpaired) electrons. The van der Waals surface area contributed by atoms with Crippen LogP contribution in [0.3, 0.4) is 0 Å². The molecule has 0 unspecified atom stereocenters. The van der Waals surface area contributed by atoms with Crippen LogP contribution in [0.2, 0.25) is 0 Å². The van der Waals surface area contributed by atoms with E-state index in [0.717, 1.165) is 18.2 Å². The van der Waals surface area contributed by atoms with Crippen LogP contribution >= 0.6 is 0 Å². The SMILES string of the molecule is CN(C)Cc1cncc([C@H]2CCCN2CC2CC2)n1. The fourth-order valence-electron chi connectivity index (χ4n) is 3.00. The van der Waals surface area contributed by atoms with Crippen molar-refractivity contribution in [3.63, 3.8) is 0 Å². The van der Waals surface area contributed by atoms with Crippen LogP contribution in [-0.4, -0.2) is 47.0 Å². The molecule has 4 heteroatoms. The third kappa shape index (κ3) is 3.31. The summed E-state index contributed by atoms with van der Waals surface area (Å²) in [6.45, 7) is 3.38. The Hall–Kier alpha value is -1.00. The first-order valence-corrected chi connectivity index (χ1v) is 7.42. The Kier molecular flexibility index (Phi) is 3.80. The Morgan fingerprint density at radius 1 is 1.26 bits per heavy atom. The number of hydrogen-bond donors (Lipinski definition) is 0. The van der Waals surface area contributed by atoms with Gasteiger partial charge in [-0.2, -0.15) is 0 Å². The zero-order valence-electron chi connectivity index (χ0n) is 12.0. The van der Waals surface area contributed by atoms with Crippen molar-refractivity contribution >= 4 is 0 Å². The van der Waals surface area contributed by atoms with E-state index in [1.54, 1.807) is 0 Å². The maximum absolute atomic E-state index is 4.83. The molecule has 1 aromatic rings. The van der Waals surface area contributed by atoms with Crippen molar-refractivity contribution in [1.29, 1.82) is 0 Å². The summed E-state index contributed by atoms with van der Waals surface area (Å²) in [5, 5.41) is 0. The van der Waals surface area contributed by atoms with Crippen molar-refractivity contribution in [3.05, 3.63) is 23.8 Å². The standard InChI is InChI=1S/C15H24N4/c1-18(2)11-13-8-16-9-14(17-13)15-4-3-7-19(15)10-12-5-6-12/h8-9,12,15H,3-7,10-11H2,1-2H3/t15-/m1/s1. The molecule has 4 nitrogen and oxygen atoms in total. The first kappa shape index (κ1) is 13.0. The summed E-state index contributed by atoms with van der Waals surface area (Å²) in [7, 11) is 4.15. The van der Waals surface area contributed by atoms with E-state index >= 15 is 0 Å². The summed E-state index contributed by atoms with van der Waals surface area (Å²) in [5.41, 5.74) is 2.26. The van der Waals surface area contributed by atoms with E-state index in [-0.39, 0.29) is 0 Å². The zero-order chi connectivity index (χ0) is 13.2. The minimum Gasteiger partial charge on any atom is -0.304 e. The topological polar surface area (TPSA) is 32.3 Å². The van der Waals surface area contributed by atoms with Crippen LogP contribution in [0.5, 0.6) is 0 Å². The number of likely N-dealkylation sites (tertiary alicyclic amines) is 1. The quantitative estimate of drug-likeness (QED) is 0.811. The highest BCUT2D eigenvalue weighted by Crippen LogP contribution is 2.36. The van der Waals surface area contributed by atoms with E-state index in [1.165, 1.54) is 44.5 Å². The van der Waals surface area contributed by atoms with Gasteiger partial charge >= 0.3 is 0 Å². The third-order valence-corrected chi connectivity index (χ3v) is 4.08. The van der Waals surface area contributed by atoms with Crippen LogP contribution in [0.15, 0.2) is 12.4 Å². The van der Waals surface area contributed by atoms with Crippen LogP contribution in [0.25, 0.3) is 0 Å². The van der Waals surface area contributed by atoms with Crippen molar-refractivity contribution in [1.82, 2.24) is 19.8 Å². The van der Waals surface area contributed by atoms with E-state index in [4.69, 9.17) is 4.98 Å². The van der Waals surface area contributed by atoms with Gasteiger partial charge in [0.1, 0.15) is 0 Å². The summed E-state index contributed by atoms with van der Waals surface area (Å²) in [6.07, 6.45) is 9.26. The van der Waals surface area contributed by atoms with Gasteiger partial charge in [-0.05, 0) is 52.2 Å². The molecule has 0 aromatic carbocycles. The molecule has 2 fully saturated rings. The minimum absolute atomic E-state index is 0.509. The molecule has 1 saturated carbocycles. The van der Waals surface area contributed by atoms with Gasteiger partial charge in [-0.25, -0.2) is 0 Å². The maximum Gasteiger partial charge on any atom is 0.0762 e. The Balaban J connectivity index is 1.72. The average Bonchev–Trinajstić information content (AvgIpc) is 3.05. The highest BCUT2D eigenvalue weighted by Gasteiger charge is 2.32. The first-order valence-electron chi connectivity index (χ1n) is 7.42. The van der Waals surface area contributed by atoms with E-state index < -0.39 is 0 Å². The molecule has 1 aliphatic heterocycles. The second kappa shape index (κ2) is 5.55. The van der Waals surface area contributed by atoms with Crippen LogP contribution in [-0.2, 0) is 6.54 Å². The second-order valence-corrected chi connectivity index (χ2v) is 6.27. The van der Waals surface area contributed by atoms with Gasteiger partial charge in [-0.3, -0.25) is 14.9 Å². The van der Waals surface area contributed by atoms with Crippen LogP contribution in [0, 0.1) is 5.92 Å². The van der Waals surface area contributed by atoms with Gasteiger partial charge in [0, 0.05) is 25.5 Å². The van der Waals surface area contributed by atoms with E-state index in [1.807, 2.05) is 12.4 Å². The molecule has 3 rings (SSSR count). The van der Waals surface area contributed by atoms with Gasteiger partial charge in [0.05, 0.1) is 17.4 Å². The second-order valence-electron chi connectivity index (χ2n) is 6.27. The average molecular weight is 260 g/mol. The van der Waals surface area contributed by atoms with Crippen molar-refractivity contribution in [2.45, 2.75) is 38.3 Å². The predicted octanol–water partition coefficient (Wildman–Crippen LogP) is 2.09. The lowest BCUT2D eigenvalue weighted by molar-refractivity contribution is 0.241. The molecule has 104 valence electrons. The first-order chi connectivity index (χ1) is 9.22. The fraction of sp³-hybridized carbons (Fsp3) is 0.733. The molecule has 1 aromatic heterocycles. The van der Waals surface area contributed by atoms with Gasteiger partial charge in [0.2, 0.25) is 0 Å². The Morgan fingerprint density at radius 3 is 2.84 bits per heavy atom. The summed E-state index contributed by atoms with van der Waals surface area (Å²) in [5.74, 6) is 0.957. The highest BCUT2D eigenvalue weighted by atomic mass is 15.2. The van der Waals surface area contributed by atoms with Crippen LogP contribution in [0.4, 0.5) is 0 Å². The summed E-state index contributed by atoms with van der Waals surface area (Å²) >= 11 is 0. The van der Waals surface area contributed by atoms with Gasteiger partial charge in [0.15, 0.2) is 0 Å². The largest absolute Gasteiger partial charge is 0.304 e. The van der Waals surface area contributed by atoms with Crippen LogP contribution < -0.4 is 0 Å². The number of aromatic nitrogens is 2. The molecule has 1 aliphatic carbocycles. The van der Waals surface area contributed by atoms with Gasteiger partial charge in [-0.15, -0.1) is 0 Å². The Morgan fingerprint density at radius 2 is 2.11 bits per heavy atom. The minimum atomic E-state index is 0.509. The van der Waals surface area contributed by atoms with E-state index in [0.29, 0.717) is 6.04 Å². The molecular weight excluding hydrogens is 236 g/mol. The molecule has 0 N–H and O–H groups in total. The lowest BCUT2D eigenvalue weighted by atomic mass is 10.1. The lowest BCUT2D eigenvalue weighted by Crippen LogP contribution is -2.26. The van der Waals surface area contributed by atoms with Crippen LogP contribution in [0.1, 0.15) is 43.1 Å². The van der Waals surface area contributed by atoms with Crippen molar-refractivity contribution in [3.8, 4) is 0 Å². The normalized spacial score (nSPS) is 24.3. The summed E-state index contributed by atoms with van der Waals surface area (Å²) in [4.78, 5) is 14.0. The predicted molar refractivity (Wildman–Crippen MR) is 75.7 cm³/mol. The van der Waals surface area contributed by atoms with Crippen molar-refractivity contribution in [2.24, 2.45) is 5.92 Å². The zero-order valence-corrected chi connectivity index (χ0v) is 12.0. The molecule has 2 aliphatic rings. The maximum atomic E-state index is 4.83. The smallest absolute Gasteiger partial charge is 0.0762 e. The molecule has 1 saturated heterocycles. The van der Waals surface area contributed by atoms with Gasteiger partial charge in [0.25, 0.3) is 0 Å². The molecule has 19 heavy (non-hydrogen) atoms. The summed E-state index contributed by atoms with van der Waals surface area (Å²) < 4.78 is 0.